The van der Waals surface area contributed by atoms with E-state index in [0.717, 1.165) is 28.8 Å². The van der Waals surface area contributed by atoms with Gasteiger partial charge in [0.25, 0.3) is 0 Å². The van der Waals surface area contributed by atoms with Crippen molar-refractivity contribution in [1.82, 2.24) is 10.3 Å². The van der Waals surface area contributed by atoms with Gasteiger partial charge in [0, 0.05) is 23.6 Å². The van der Waals surface area contributed by atoms with Crippen LogP contribution >= 0.6 is 23.2 Å². The summed E-state index contributed by atoms with van der Waals surface area (Å²) in [5, 5.41) is 3.97. The number of rotatable bonds is 5. The Morgan fingerprint density at radius 3 is 2.63 bits per heavy atom. The highest BCUT2D eigenvalue weighted by atomic mass is 35.5. The van der Waals surface area contributed by atoms with E-state index in [1.807, 2.05) is 24.3 Å². The molecule has 1 saturated heterocycles. The van der Waals surface area contributed by atoms with Crippen LogP contribution in [0.4, 0.5) is 0 Å². The molecular formula is C21H20Cl2N2O2. The first-order valence-corrected chi connectivity index (χ1v) is 9.82. The molecule has 2 heterocycles. The molecule has 1 N–H and O–H groups in total. The van der Waals surface area contributed by atoms with Crippen LogP contribution in [0, 0.1) is 0 Å². The minimum absolute atomic E-state index is 0.0298. The third-order valence-corrected chi connectivity index (χ3v) is 5.74. The number of hydrogen-bond acceptors (Lipinski definition) is 3. The zero-order chi connectivity index (χ0) is 19.0. The number of nitrogens with zero attached hydrogens (tertiary/aromatic N) is 1. The SMILES string of the molecule is COc1nc(/C(=C/[C@H]2CCC(=O)N2)c2ccc(Cl)c(Cl)c2)ccc1C1CC1. The predicted molar refractivity (Wildman–Crippen MR) is 107 cm³/mol. The van der Waals surface area contributed by atoms with Gasteiger partial charge in [0.05, 0.1) is 22.8 Å². The predicted octanol–water partition coefficient (Wildman–Crippen LogP) is 4.98. The van der Waals surface area contributed by atoms with Crippen LogP contribution in [-0.4, -0.2) is 24.0 Å². The van der Waals surface area contributed by atoms with Crippen molar-refractivity contribution in [2.75, 3.05) is 7.11 Å². The maximum atomic E-state index is 11.6. The normalized spacial score (nSPS) is 19.9. The highest BCUT2D eigenvalue weighted by Gasteiger charge is 2.28. The van der Waals surface area contributed by atoms with Crippen molar-refractivity contribution in [3.05, 3.63) is 63.3 Å². The summed E-state index contributed by atoms with van der Waals surface area (Å²) in [6.07, 6.45) is 5.71. The number of halogens is 2. The molecule has 0 unspecified atom stereocenters. The van der Waals surface area contributed by atoms with Crippen molar-refractivity contribution in [1.29, 1.82) is 0 Å². The third-order valence-electron chi connectivity index (χ3n) is 5.00. The molecule has 1 aromatic heterocycles. The first-order valence-electron chi connectivity index (χ1n) is 9.07. The summed E-state index contributed by atoms with van der Waals surface area (Å²) in [5.74, 6) is 1.28. The molecule has 140 valence electrons. The lowest BCUT2D eigenvalue weighted by molar-refractivity contribution is -0.119. The van der Waals surface area contributed by atoms with E-state index in [1.165, 1.54) is 12.8 Å². The zero-order valence-electron chi connectivity index (χ0n) is 15.0. The molecular weight excluding hydrogens is 383 g/mol. The number of carbonyl (C=O) groups excluding carboxylic acids is 1. The molecule has 1 amide bonds. The van der Waals surface area contributed by atoms with E-state index in [0.29, 0.717) is 28.3 Å². The van der Waals surface area contributed by atoms with E-state index in [1.54, 1.807) is 13.2 Å². The summed E-state index contributed by atoms with van der Waals surface area (Å²) in [4.78, 5) is 16.4. The number of hydrogen-bond donors (Lipinski definition) is 1. The van der Waals surface area contributed by atoms with E-state index in [4.69, 9.17) is 32.9 Å². The van der Waals surface area contributed by atoms with Gasteiger partial charge in [0.2, 0.25) is 11.8 Å². The van der Waals surface area contributed by atoms with Crippen molar-refractivity contribution in [2.45, 2.75) is 37.6 Å². The molecule has 1 atom stereocenters. The fourth-order valence-corrected chi connectivity index (χ4v) is 3.72. The van der Waals surface area contributed by atoms with Crippen LogP contribution in [0.2, 0.25) is 10.0 Å². The summed E-state index contributed by atoms with van der Waals surface area (Å²) < 4.78 is 5.55. The number of amides is 1. The van der Waals surface area contributed by atoms with Crippen LogP contribution in [-0.2, 0) is 4.79 Å². The topological polar surface area (TPSA) is 51.2 Å². The lowest BCUT2D eigenvalue weighted by Gasteiger charge is -2.14. The van der Waals surface area contributed by atoms with Gasteiger partial charge in [-0.25, -0.2) is 4.98 Å². The quantitative estimate of drug-likeness (QED) is 0.766. The Morgan fingerprint density at radius 2 is 2.00 bits per heavy atom. The number of aromatic nitrogens is 1. The van der Waals surface area contributed by atoms with Crippen LogP contribution in [0.3, 0.4) is 0 Å². The fourth-order valence-electron chi connectivity index (χ4n) is 3.43. The van der Waals surface area contributed by atoms with Gasteiger partial charge in [-0.05, 0) is 48.9 Å². The Balaban J connectivity index is 1.78. The smallest absolute Gasteiger partial charge is 0.220 e. The molecule has 2 aromatic rings. The van der Waals surface area contributed by atoms with Crippen molar-refractivity contribution >= 4 is 34.7 Å². The first kappa shape index (κ1) is 18.3. The Morgan fingerprint density at radius 1 is 1.19 bits per heavy atom. The summed E-state index contributed by atoms with van der Waals surface area (Å²) in [6.45, 7) is 0. The number of methoxy groups -OCH3 is 1. The van der Waals surface area contributed by atoms with E-state index in [2.05, 4.69) is 11.4 Å². The van der Waals surface area contributed by atoms with E-state index < -0.39 is 0 Å². The lowest BCUT2D eigenvalue weighted by Crippen LogP contribution is -2.23. The molecule has 6 heteroatoms. The summed E-state index contributed by atoms with van der Waals surface area (Å²) in [6, 6.07) is 9.60. The van der Waals surface area contributed by atoms with Gasteiger partial charge >= 0.3 is 0 Å². The summed E-state index contributed by atoms with van der Waals surface area (Å²) in [5.41, 5.74) is 3.75. The molecule has 0 bridgehead atoms. The van der Waals surface area contributed by atoms with E-state index >= 15 is 0 Å². The van der Waals surface area contributed by atoms with Gasteiger partial charge in [-0.2, -0.15) is 0 Å². The Kier molecular flexibility index (Phi) is 5.11. The van der Waals surface area contributed by atoms with Gasteiger partial charge < -0.3 is 10.1 Å². The molecule has 2 aliphatic rings. The second-order valence-corrected chi connectivity index (χ2v) is 7.81. The lowest BCUT2D eigenvalue weighted by atomic mass is 9.98. The molecule has 1 aliphatic heterocycles. The average molecular weight is 403 g/mol. The van der Waals surface area contributed by atoms with Crippen molar-refractivity contribution in [3.8, 4) is 5.88 Å². The largest absolute Gasteiger partial charge is 0.481 e. The van der Waals surface area contributed by atoms with Crippen molar-refractivity contribution < 1.29 is 9.53 Å². The molecule has 1 aromatic carbocycles. The van der Waals surface area contributed by atoms with E-state index in [9.17, 15) is 4.79 Å². The minimum Gasteiger partial charge on any atom is -0.481 e. The second-order valence-electron chi connectivity index (χ2n) is 6.99. The van der Waals surface area contributed by atoms with Gasteiger partial charge in [0.15, 0.2) is 0 Å². The standard InChI is InChI=1S/C21H20Cl2N2O2/c1-27-21-15(12-2-3-12)6-8-19(25-21)16(11-14-5-9-20(26)24-14)13-4-7-17(22)18(23)10-13/h4,6-8,10-12,14H,2-3,5,9H2,1H3,(H,24,26)/b16-11+/t14-/m1/s1. The van der Waals surface area contributed by atoms with Crippen LogP contribution < -0.4 is 10.1 Å². The maximum Gasteiger partial charge on any atom is 0.220 e. The fraction of sp³-hybridized carbons (Fsp3) is 0.333. The number of ether oxygens (including phenoxy) is 1. The van der Waals surface area contributed by atoms with Crippen LogP contribution in [0.15, 0.2) is 36.4 Å². The van der Waals surface area contributed by atoms with Gasteiger partial charge in [-0.1, -0.05) is 41.4 Å². The third kappa shape index (κ3) is 3.97. The van der Waals surface area contributed by atoms with Crippen molar-refractivity contribution in [3.63, 3.8) is 0 Å². The van der Waals surface area contributed by atoms with E-state index in [-0.39, 0.29) is 11.9 Å². The van der Waals surface area contributed by atoms with Crippen LogP contribution in [0.25, 0.3) is 5.57 Å². The molecule has 27 heavy (non-hydrogen) atoms. The second kappa shape index (κ2) is 7.53. The molecule has 1 aliphatic carbocycles. The molecule has 0 spiro atoms. The van der Waals surface area contributed by atoms with Gasteiger partial charge in [-0.15, -0.1) is 0 Å². The molecule has 4 nitrogen and oxygen atoms in total. The molecule has 2 fully saturated rings. The number of nitrogens with one attached hydrogen (secondary N) is 1. The Labute approximate surface area is 168 Å². The monoisotopic (exact) mass is 402 g/mol. The Hall–Kier alpha value is -2.04. The highest BCUT2D eigenvalue weighted by molar-refractivity contribution is 6.42. The van der Waals surface area contributed by atoms with Crippen LogP contribution in [0.1, 0.15) is 48.4 Å². The summed E-state index contributed by atoms with van der Waals surface area (Å²) in [7, 11) is 1.65. The zero-order valence-corrected chi connectivity index (χ0v) is 16.5. The highest BCUT2D eigenvalue weighted by Crippen LogP contribution is 2.44. The number of pyridine rings is 1. The minimum atomic E-state index is -0.0298. The Bertz CT molecular complexity index is 922. The van der Waals surface area contributed by atoms with Crippen molar-refractivity contribution in [2.24, 2.45) is 0 Å². The average Bonchev–Trinajstić information content (AvgIpc) is 3.43. The molecule has 1 saturated carbocycles. The van der Waals surface area contributed by atoms with Gasteiger partial charge in [-0.3, -0.25) is 4.79 Å². The maximum absolute atomic E-state index is 11.6. The molecule has 0 radical (unpaired) electrons. The van der Waals surface area contributed by atoms with Crippen LogP contribution in [0.5, 0.6) is 5.88 Å². The first-order chi connectivity index (χ1) is 13.0. The molecule has 4 rings (SSSR count). The van der Waals surface area contributed by atoms with Gasteiger partial charge in [0.1, 0.15) is 0 Å². The number of carbonyl (C=O) groups is 1. The number of benzene rings is 1. The summed E-state index contributed by atoms with van der Waals surface area (Å²) >= 11 is 12.3.